The number of halogens is 2. The van der Waals surface area contributed by atoms with Gasteiger partial charge in [-0.15, -0.1) is 0 Å². The molecule has 8 nitrogen and oxygen atoms in total. The molecule has 2 rings (SSSR count). The van der Waals surface area contributed by atoms with Gasteiger partial charge < -0.3 is 9.84 Å². The molecule has 0 spiro atoms. The van der Waals surface area contributed by atoms with Gasteiger partial charge in [-0.1, -0.05) is 36.2 Å². The third kappa shape index (κ3) is 6.92. The highest BCUT2D eigenvalue weighted by atomic mass is 35.5. The van der Waals surface area contributed by atoms with Crippen LogP contribution in [0.2, 0.25) is 10.0 Å². The third-order valence-electron chi connectivity index (χ3n) is 5.52. The van der Waals surface area contributed by atoms with Gasteiger partial charge in [0.2, 0.25) is 20.0 Å². The van der Waals surface area contributed by atoms with Crippen molar-refractivity contribution in [2.75, 3.05) is 33.9 Å². The fraction of sp³-hybridized carbons (Fsp3) is 0.455. The molecule has 190 valence electrons. The molecule has 0 amide bonds. The summed E-state index contributed by atoms with van der Waals surface area (Å²) in [6.07, 6.45) is -0.632. The van der Waals surface area contributed by atoms with Crippen molar-refractivity contribution in [1.82, 2.24) is 8.61 Å². The lowest BCUT2D eigenvalue weighted by molar-refractivity contribution is 0.0360. The number of benzene rings is 2. The number of sulfonamides is 2. The molecule has 2 aromatic carbocycles. The Morgan fingerprint density at radius 3 is 2.06 bits per heavy atom. The third-order valence-corrected chi connectivity index (χ3v) is 9.82. The Kier molecular flexibility index (Phi) is 10.3. The molecule has 0 heterocycles. The van der Waals surface area contributed by atoms with Gasteiger partial charge in [-0.05, 0) is 55.3 Å². The van der Waals surface area contributed by atoms with Gasteiger partial charge in [-0.25, -0.2) is 16.8 Å². The summed E-state index contributed by atoms with van der Waals surface area (Å²) in [4.78, 5) is 0.0878. The van der Waals surface area contributed by atoms with Crippen LogP contribution in [0.3, 0.4) is 0 Å². The van der Waals surface area contributed by atoms with Crippen molar-refractivity contribution >= 4 is 43.2 Å². The molecule has 34 heavy (non-hydrogen) atoms. The highest BCUT2D eigenvalue weighted by Crippen LogP contribution is 2.24. The van der Waals surface area contributed by atoms with Gasteiger partial charge in [0.05, 0.1) is 22.5 Å². The monoisotopic (exact) mass is 552 g/mol. The van der Waals surface area contributed by atoms with Crippen LogP contribution in [0.4, 0.5) is 0 Å². The van der Waals surface area contributed by atoms with E-state index in [0.717, 1.165) is 4.31 Å². The summed E-state index contributed by atoms with van der Waals surface area (Å²) in [5.74, 6) is -0.418. The van der Waals surface area contributed by atoms with Crippen LogP contribution < -0.4 is 0 Å². The Bertz CT molecular complexity index is 1160. The standard InChI is InChI=1S/C22H30Cl2N2O6S2/c1-16(13-26(17(2)15-27)34(30,31)20-10-8-18(23)9-11-20)22(32-4)14-25(3)33(28,29)21-7-5-6-19(24)12-21/h5-12,16-17,22,27H,13-15H2,1-4H3/t16-,17+,22+/m0/s1. The predicted octanol–water partition coefficient (Wildman–Crippen LogP) is 3.34. The Morgan fingerprint density at radius 1 is 0.912 bits per heavy atom. The minimum atomic E-state index is -3.96. The van der Waals surface area contributed by atoms with E-state index in [0.29, 0.717) is 10.0 Å². The van der Waals surface area contributed by atoms with Crippen LogP contribution in [0.25, 0.3) is 0 Å². The number of rotatable bonds is 12. The van der Waals surface area contributed by atoms with E-state index in [2.05, 4.69) is 0 Å². The van der Waals surface area contributed by atoms with Crippen LogP contribution in [0.5, 0.6) is 0 Å². The number of hydrogen-bond acceptors (Lipinski definition) is 6. The van der Waals surface area contributed by atoms with Crippen molar-refractivity contribution in [2.45, 2.75) is 35.8 Å². The van der Waals surface area contributed by atoms with E-state index < -0.39 is 38.1 Å². The van der Waals surface area contributed by atoms with Gasteiger partial charge in [-0.2, -0.15) is 8.61 Å². The lowest BCUT2D eigenvalue weighted by Gasteiger charge is -2.33. The lowest BCUT2D eigenvalue weighted by atomic mass is 10.0. The summed E-state index contributed by atoms with van der Waals surface area (Å²) in [5.41, 5.74) is 0. The van der Waals surface area contributed by atoms with Crippen LogP contribution >= 0.6 is 23.2 Å². The molecule has 3 atom stereocenters. The van der Waals surface area contributed by atoms with E-state index in [4.69, 9.17) is 27.9 Å². The minimum Gasteiger partial charge on any atom is -0.395 e. The molecule has 0 saturated heterocycles. The fourth-order valence-electron chi connectivity index (χ4n) is 3.40. The summed E-state index contributed by atoms with van der Waals surface area (Å²) in [6, 6.07) is 11.0. The number of ether oxygens (including phenoxy) is 1. The highest BCUT2D eigenvalue weighted by molar-refractivity contribution is 7.89. The first-order valence-electron chi connectivity index (χ1n) is 10.5. The minimum absolute atomic E-state index is 0.00372. The normalized spacial score (nSPS) is 15.4. The molecule has 0 aliphatic rings. The molecule has 0 aliphatic heterocycles. The maximum Gasteiger partial charge on any atom is 0.243 e. The van der Waals surface area contributed by atoms with Crippen LogP contribution in [0.1, 0.15) is 13.8 Å². The van der Waals surface area contributed by atoms with Gasteiger partial charge in [0.15, 0.2) is 0 Å². The molecule has 0 unspecified atom stereocenters. The zero-order chi connectivity index (χ0) is 25.7. The molecule has 0 fully saturated rings. The molecule has 0 aromatic heterocycles. The molecule has 2 aromatic rings. The Hall–Kier alpha value is -1.24. The molecule has 12 heteroatoms. The van der Waals surface area contributed by atoms with E-state index >= 15 is 0 Å². The average molecular weight is 554 g/mol. The Morgan fingerprint density at radius 2 is 1.53 bits per heavy atom. The summed E-state index contributed by atoms with van der Waals surface area (Å²) in [5, 5.41) is 10.4. The first kappa shape index (κ1) is 29.0. The van der Waals surface area contributed by atoms with Crippen molar-refractivity contribution < 1.29 is 26.7 Å². The molecule has 0 saturated carbocycles. The van der Waals surface area contributed by atoms with Crippen molar-refractivity contribution in [3.63, 3.8) is 0 Å². The quantitative estimate of drug-likeness (QED) is 0.433. The van der Waals surface area contributed by atoms with Gasteiger partial charge >= 0.3 is 0 Å². The van der Waals surface area contributed by atoms with E-state index in [1.165, 1.54) is 54.9 Å². The molecular weight excluding hydrogens is 523 g/mol. The maximum atomic E-state index is 13.3. The lowest BCUT2D eigenvalue weighted by Crippen LogP contribution is -2.47. The van der Waals surface area contributed by atoms with Crippen LogP contribution in [-0.4, -0.2) is 76.6 Å². The van der Waals surface area contributed by atoms with Crippen molar-refractivity contribution in [2.24, 2.45) is 5.92 Å². The summed E-state index contributed by atoms with van der Waals surface area (Å²) >= 11 is 11.8. The second-order valence-corrected chi connectivity index (χ2v) is 12.9. The molecule has 0 aliphatic carbocycles. The van der Waals surface area contributed by atoms with Gasteiger partial charge in [0.25, 0.3) is 0 Å². The second-order valence-electron chi connectivity index (χ2n) is 8.05. The summed E-state index contributed by atoms with van der Waals surface area (Å²) < 4.78 is 60.4. The number of aliphatic hydroxyl groups excluding tert-OH is 1. The maximum absolute atomic E-state index is 13.3. The first-order valence-corrected chi connectivity index (χ1v) is 14.1. The summed E-state index contributed by atoms with van der Waals surface area (Å²) in [6.45, 7) is 2.95. The van der Waals surface area contributed by atoms with Gasteiger partial charge in [0, 0.05) is 43.3 Å². The number of aliphatic hydroxyl groups is 1. The average Bonchev–Trinajstić information content (AvgIpc) is 2.80. The molecular formula is C22H30Cl2N2O6S2. The van der Waals surface area contributed by atoms with Crippen molar-refractivity contribution in [3.8, 4) is 0 Å². The number of nitrogens with zero attached hydrogens (tertiary/aromatic N) is 2. The number of methoxy groups -OCH3 is 1. The van der Waals surface area contributed by atoms with Crippen molar-refractivity contribution in [3.05, 3.63) is 58.6 Å². The van der Waals surface area contributed by atoms with E-state index in [-0.39, 0.29) is 29.5 Å². The van der Waals surface area contributed by atoms with Crippen LogP contribution in [0, 0.1) is 5.92 Å². The Balaban J connectivity index is 2.26. The predicted molar refractivity (Wildman–Crippen MR) is 133 cm³/mol. The van der Waals surface area contributed by atoms with E-state index in [1.807, 2.05) is 0 Å². The highest BCUT2D eigenvalue weighted by Gasteiger charge is 2.34. The molecule has 0 bridgehead atoms. The largest absolute Gasteiger partial charge is 0.395 e. The smallest absolute Gasteiger partial charge is 0.243 e. The second kappa shape index (κ2) is 12.1. The van der Waals surface area contributed by atoms with Crippen LogP contribution in [-0.2, 0) is 24.8 Å². The van der Waals surface area contributed by atoms with Gasteiger partial charge in [0.1, 0.15) is 0 Å². The summed E-state index contributed by atoms with van der Waals surface area (Å²) in [7, 11) is -4.94. The zero-order valence-corrected chi connectivity index (χ0v) is 22.6. The SMILES string of the molecule is CO[C@H](CN(C)S(=O)(=O)c1cccc(Cl)c1)[C@@H](C)CN([C@H](C)CO)S(=O)(=O)c1ccc(Cl)cc1. The van der Waals surface area contributed by atoms with E-state index in [9.17, 15) is 21.9 Å². The van der Waals surface area contributed by atoms with E-state index in [1.54, 1.807) is 26.0 Å². The molecule has 0 radical (unpaired) electrons. The number of hydrogen-bond donors (Lipinski definition) is 1. The Labute approximate surface area is 212 Å². The first-order chi connectivity index (χ1) is 15.8. The van der Waals surface area contributed by atoms with Crippen molar-refractivity contribution in [1.29, 1.82) is 0 Å². The van der Waals surface area contributed by atoms with Gasteiger partial charge in [-0.3, -0.25) is 0 Å². The molecule has 1 N–H and O–H groups in total. The number of likely N-dealkylation sites (N-methyl/N-ethyl adjacent to an activating group) is 1. The van der Waals surface area contributed by atoms with Crippen LogP contribution in [0.15, 0.2) is 58.3 Å². The topological polar surface area (TPSA) is 104 Å². The zero-order valence-electron chi connectivity index (χ0n) is 19.4. The fourth-order valence-corrected chi connectivity index (χ4v) is 6.73.